The fourth-order valence-corrected chi connectivity index (χ4v) is 2.74. The molecule has 0 saturated carbocycles. The molecule has 0 aliphatic heterocycles. The van der Waals surface area contributed by atoms with E-state index in [1.807, 2.05) is 55.3 Å². The van der Waals surface area contributed by atoms with Gasteiger partial charge in [-0.05, 0) is 42.0 Å². The zero-order valence-electron chi connectivity index (χ0n) is 14.7. The van der Waals surface area contributed by atoms with Crippen LogP contribution in [0.1, 0.15) is 6.92 Å². The molecule has 0 aliphatic carbocycles. The summed E-state index contributed by atoms with van der Waals surface area (Å²) in [6.45, 7) is 1.89. The number of carbonyl (C=O) groups excluding carboxylic acids is 1. The van der Waals surface area contributed by atoms with Gasteiger partial charge in [-0.2, -0.15) is 0 Å². The van der Waals surface area contributed by atoms with E-state index in [1.54, 1.807) is 13.2 Å². The van der Waals surface area contributed by atoms with Crippen LogP contribution in [-0.4, -0.2) is 26.1 Å². The number of nitrogens with one attached hydrogen (secondary N) is 1. The van der Waals surface area contributed by atoms with Gasteiger partial charge >= 0.3 is 0 Å². The molecule has 3 rings (SSSR count). The standard InChI is InChI=1S/C21H22N2O2/c1-15(21(24)22-18-9-6-10-20(14-18)25-3)23(2)19-12-11-16-7-4-5-8-17(16)13-19/h4-15H,1-3H3,(H,22,24)/t15-/m1/s1. The molecule has 0 heterocycles. The quantitative estimate of drug-likeness (QED) is 0.756. The monoisotopic (exact) mass is 334 g/mol. The Labute approximate surface area is 148 Å². The number of methoxy groups -OCH3 is 1. The van der Waals surface area contributed by atoms with E-state index in [-0.39, 0.29) is 11.9 Å². The Morgan fingerprint density at radius 1 is 1.00 bits per heavy atom. The number of anilines is 2. The van der Waals surface area contributed by atoms with E-state index in [1.165, 1.54) is 5.39 Å². The maximum atomic E-state index is 12.6. The number of hydrogen-bond acceptors (Lipinski definition) is 3. The Balaban J connectivity index is 1.75. The van der Waals surface area contributed by atoms with Crippen molar-refractivity contribution in [1.29, 1.82) is 0 Å². The van der Waals surface area contributed by atoms with Crippen LogP contribution in [0.15, 0.2) is 66.7 Å². The summed E-state index contributed by atoms with van der Waals surface area (Å²) in [5, 5.41) is 5.29. The Kier molecular flexibility index (Phi) is 4.89. The molecule has 0 radical (unpaired) electrons. The molecule has 3 aromatic carbocycles. The lowest BCUT2D eigenvalue weighted by molar-refractivity contribution is -0.117. The molecule has 0 bridgehead atoms. The van der Waals surface area contributed by atoms with Crippen molar-refractivity contribution in [1.82, 2.24) is 0 Å². The van der Waals surface area contributed by atoms with Crippen LogP contribution >= 0.6 is 0 Å². The van der Waals surface area contributed by atoms with Crippen LogP contribution in [0.4, 0.5) is 11.4 Å². The molecule has 128 valence electrons. The second-order valence-corrected chi connectivity index (χ2v) is 6.04. The van der Waals surface area contributed by atoms with Crippen LogP contribution in [0.5, 0.6) is 5.75 Å². The van der Waals surface area contributed by atoms with E-state index < -0.39 is 0 Å². The van der Waals surface area contributed by atoms with Crippen molar-refractivity contribution in [3.63, 3.8) is 0 Å². The van der Waals surface area contributed by atoms with Crippen molar-refractivity contribution in [2.45, 2.75) is 13.0 Å². The molecule has 4 heteroatoms. The minimum atomic E-state index is -0.313. The third-order valence-electron chi connectivity index (χ3n) is 4.44. The zero-order chi connectivity index (χ0) is 17.8. The van der Waals surface area contributed by atoms with Crippen LogP contribution in [0, 0.1) is 0 Å². The number of likely N-dealkylation sites (N-methyl/N-ethyl adjacent to an activating group) is 1. The van der Waals surface area contributed by atoms with Gasteiger partial charge in [0.25, 0.3) is 0 Å². The van der Waals surface area contributed by atoms with E-state index in [0.29, 0.717) is 5.75 Å². The second kappa shape index (κ2) is 7.26. The smallest absolute Gasteiger partial charge is 0.246 e. The van der Waals surface area contributed by atoms with Gasteiger partial charge in [-0.3, -0.25) is 4.79 Å². The Bertz CT molecular complexity index is 892. The lowest BCUT2D eigenvalue weighted by Crippen LogP contribution is -2.39. The summed E-state index contributed by atoms with van der Waals surface area (Å²) in [6, 6.07) is 21.5. The molecular weight excluding hydrogens is 312 g/mol. The SMILES string of the molecule is COc1cccc(NC(=O)[C@@H](C)N(C)c2ccc3ccccc3c2)c1. The maximum absolute atomic E-state index is 12.6. The minimum absolute atomic E-state index is 0.0658. The number of carbonyl (C=O) groups is 1. The number of fused-ring (bicyclic) bond motifs is 1. The Hall–Kier alpha value is -3.01. The first kappa shape index (κ1) is 16.8. The highest BCUT2D eigenvalue weighted by atomic mass is 16.5. The number of amides is 1. The molecule has 0 aromatic heterocycles. The van der Waals surface area contributed by atoms with E-state index in [2.05, 4.69) is 29.6 Å². The van der Waals surface area contributed by atoms with E-state index in [4.69, 9.17) is 4.74 Å². The topological polar surface area (TPSA) is 41.6 Å². The molecule has 0 unspecified atom stereocenters. The average molecular weight is 334 g/mol. The van der Waals surface area contributed by atoms with Crippen LogP contribution in [-0.2, 0) is 4.79 Å². The van der Waals surface area contributed by atoms with Gasteiger partial charge in [0.15, 0.2) is 0 Å². The summed E-state index contributed by atoms with van der Waals surface area (Å²) in [7, 11) is 3.54. The molecule has 3 aromatic rings. The van der Waals surface area contributed by atoms with Crippen molar-refractivity contribution in [3.8, 4) is 5.75 Å². The lowest BCUT2D eigenvalue weighted by Gasteiger charge is -2.26. The van der Waals surface area contributed by atoms with Gasteiger partial charge in [0, 0.05) is 24.5 Å². The second-order valence-electron chi connectivity index (χ2n) is 6.04. The minimum Gasteiger partial charge on any atom is -0.497 e. The number of ether oxygens (including phenoxy) is 1. The van der Waals surface area contributed by atoms with Gasteiger partial charge < -0.3 is 15.0 Å². The summed E-state index contributed by atoms with van der Waals surface area (Å²) >= 11 is 0. The van der Waals surface area contributed by atoms with Gasteiger partial charge in [-0.1, -0.05) is 36.4 Å². The summed E-state index contributed by atoms with van der Waals surface area (Å²) in [5.41, 5.74) is 1.73. The number of hydrogen-bond donors (Lipinski definition) is 1. The maximum Gasteiger partial charge on any atom is 0.246 e. The molecule has 1 N–H and O–H groups in total. The van der Waals surface area contributed by atoms with Crippen molar-refractivity contribution in [3.05, 3.63) is 66.7 Å². The normalized spacial score (nSPS) is 11.8. The van der Waals surface area contributed by atoms with E-state index >= 15 is 0 Å². The zero-order valence-corrected chi connectivity index (χ0v) is 14.7. The number of nitrogens with zero attached hydrogens (tertiary/aromatic N) is 1. The molecule has 4 nitrogen and oxygen atoms in total. The molecular formula is C21H22N2O2. The van der Waals surface area contributed by atoms with Crippen molar-refractivity contribution in [2.75, 3.05) is 24.4 Å². The van der Waals surface area contributed by atoms with E-state index in [9.17, 15) is 4.79 Å². The first-order chi connectivity index (χ1) is 12.1. The predicted molar refractivity (Wildman–Crippen MR) is 103 cm³/mol. The first-order valence-corrected chi connectivity index (χ1v) is 8.25. The molecule has 0 fully saturated rings. The molecule has 0 saturated heterocycles. The van der Waals surface area contributed by atoms with Gasteiger partial charge in [0.1, 0.15) is 11.8 Å². The third kappa shape index (κ3) is 3.74. The van der Waals surface area contributed by atoms with Crippen LogP contribution in [0.3, 0.4) is 0 Å². The first-order valence-electron chi connectivity index (χ1n) is 8.25. The summed E-state index contributed by atoms with van der Waals surface area (Å²) < 4.78 is 5.19. The van der Waals surface area contributed by atoms with Crippen molar-refractivity contribution in [2.24, 2.45) is 0 Å². The Morgan fingerprint density at radius 3 is 2.52 bits per heavy atom. The number of benzene rings is 3. The summed E-state index contributed by atoms with van der Waals surface area (Å²) in [5.74, 6) is 0.650. The van der Waals surface area contributed by atoms with Crippen molar-refractivity contribution < 1.29 is 9.53 Å². The fraction of sp³-hybridized carbons (Fsp3) is 0.190. The highest BCUT2D eigenvalue weighted by Crippen LogP contribution is 2.23. The molecule has 0 spiro atoms. The van der Waals surface area contributed by atoms with Gasteiger partial charge in [-0.25, -0.2) is 0 Å². The lowest BCUT2D eigenvalue weighted by atomic mass is 10.1. The third-order valence-corrected chi connectivity index (χ3v) is 4.44. The Morgan fingerprint density at radius 2 is 1.76 bits per heavy atom. The molecule has 25 heavy (non-hydrogen) atoms. The highest BCUT2D eigenvalue weighted by Gasteiger charge is 2.19. The molecule has 1 atom stereocenters. The fourth-order valence-electron chi connectivity index (χ4n) is 2.74. The van der Waals surface area contributed by atoms with E-state index in [0.717, 1.165) is 16.8 Å². The predicted octanol–water partition coefficient (Wildman–Crippen LogP) is 4.31. The van der Waals surface area contributed by atoms with Gasteiger partial charge in [-0.15, -0.1) is 0 Å². The van der Waals surface area contributed by atoms with Crippen LogP contribution in [0.25, 0.3) is 10.8 Å². The molecule has 1 amide bonds. The summed E-state index contributed by atoms with van der Waals surface area (Å²) in [6.07, 6.45) is 0. The average Bonchev–Trinajstić information content (AvgIpc) is 2.66. The van der Waals surface area contributed by atoms with Crippen LogP contribution < -0.4 is 15.0 Å². The largest absolute Gasteiger partial charge is 0.497 e. The van der Waals surface area contributed by atoms with Gasteiger partial charge in [0.05, 0.1) is 7.11 Å². The van der Waals surface area contributed by atoms with Crippen LogP contribution in [0.2, 0.25) is 0 Å². The highest BCUT2D eigenvalue weighted by molar-refractivity contribution is 5.97. The summed E-state index contributed by atoms with van der Waals surface area (Å²) in [4.78, 5) is 14.6. The van der Waals surface area contributed by atoms with Gasteiger partial charge in [0.2, 0.25) is 5.91 Å². The molecule has 0 aliphatic rings. The number of rotatable bonds is 5. The van der Waals surface area contributed by atoms with Crippen molar-refractivity contribution >= 4 is 28.1 Å².